The van der Waals surface area contributed by atoms with Crippen LogP contribution < -0.4 is 5.32 Å². The van der Waals surface area contributed by atoms with E-state index in [9.17, 15) is 4.79 Å². The lowest BCUT2D eigenvalue weighted by atomic mass is 10.2. The fourth-order valence-corrected chi connectivity index (χ4v) is 1.96. The summed E-state index contributed by atoms with van der Waals surface area (Å²) in [4.78, 5) is 25.2. The van der Waals surface area contributed by atoms with Crippen LogP contribution in [0.4, 0.5) is 5.95 Å². The fraction of sp³-hybridized carbons (Fsp3) is 0.333. The molecule has 1 atom stereocenters. The first kappa shape index (κ1) is 15.8. The number of carboxylic acid groups (broad SMARTS) is 1. The molecule has 116 valence electrons. The maximum atomic E-state index is 10.5. The maximum Gasteiger partial charge on any atom is 0.322 e. The van der Waals surface area contributed by atoms with Gasteiger partial charge in [0.2, 0.25) is 5.95 Å². The van der Waals surface area contributed by atoms with Crippen molar-refractivity contribution >= 4 is 11.9 Å². The van der Waals surface area contributed by atoms with Gasteiger partial charge in [-0.1, -0.05) is 6.07 Å². The average Bonchev–Trinajstić information content (AvgIpc) is 2.54. The fourth-order valence-electron chi connectivity index (χ4n) is 1.96. The molecule has 0 bridgehead atoms. The van der Waals surface area contributed by atoms with Gasteiger partial charge in [-0.15, -0.1) is 0 Å². The van der Waals surface area contributed by atoms with E-state index >= 15 is 0 Å². The molecule has 1 unspecified atom stereocenters. The van der Waals surface area contributed by atoms with Crippen molar-refractivity contribution < 1.29 is 9.90 Å². The van der Waals surface area contributed by atoms with Gasteiger partial charge < -0.3 is 10.4 Å². The predicted molar refractivity (Wildman–Crippen MR) is 82.3 cm³/mol. The van der Waals surface area contributed by atoms with E-state index in [2.05, 4.69) is 32.1 Å². The first-order valence-corrected chi connectivity index (χ1v) is 6.94. The molecule has 22 heavy (non-hydrogen) atoms. The van der Waals surface area contributed by atoms with E-state index in [1.54, 1.807) is 18.6 Å². The normalized spacial score (nSPS) is 12.1. The highest BCUT2D eigenvalue weighted by molar-refractivity contribution is 5.71. The molecule has 2 rings (SSSR count). The Bertz CT molecular complexity index is 603. The van der Waals surface area contributed by atoms with Crippen LogP contribution in [0, 0.1) is 0 Å². The van der Waals surface area contributed by atoms with Gasteiger partial charge in [0.05, 0.1) is 5.69 Å². The predicted octanol–water partition coefficient (Wildman–Crippen LogP) is 1.56. The highest BCUT2D eigenvalue weighted by atomic mass is 16.4. The Morgan fingerprint density at radius 2 is 2.05 bits per heavy atom. The molecule has 0 aliphatic carbocycles. The van der Waals surface area contributed by atoms with Gasteiger partial charge in [-0.25, -0.2) is 9.97 Å². The minimum atomic E-state index is -0.948. The smallest absolute Gasteiger partial charge is 0.322 e. The highest BCUT2D eigenvalue weighted by Crippen LogP contribution is 2.18. The van der Waals surface area contributed by atoms with Crippen molar-refractivity contribution in [1.29, 1.82) is 0 Å². The maximum absolute atomic E-state index is 10.5. The number of pyridine rings is 1. The molecule has 0 spiro atoms. The number of hydrogen-bond donors (Lipinski definition) is 2. The number of carbonyl (C=O) groups is 1. The summed E-state index contributed by atoms with van der Waals surface area (Å²) in [6.07, 6.45) is 5.17. The average molecular weight is 301 g/mol. The summed E-state index contributed by atoms with van der Waals surface area (Å²) < 4.78 is 0. The third-order valence-electron chi connectivity index (χ3n) is 3.31. The van der Waals surface area contributed by atoms with Gasteiger partial charge in [-0.3, -0.25) is 14.7 Å². The van der Waals surface area contributed by atoms with Gasteiger partial charge in [0.15, 0.2) is 0 Å². The van der Waals surface area contributed by atoms with E-state index in [1.807, 2.05) is 25.2 Å². The van der Waals surface area contributed by atoms with Gasteiger partial charge >= 0.3 is 5.97 Å². The van der Waals surface area contributed by atoms with Crippen molar-refractivity contribution in [2.75, 3.05) is 18.9 Å². The molecule has 2 aromatic heterocycles. The lowest BCUT2D eigenvalue weighted by Crippen LogP contribution is -2.23. The second-order valence-corrected chi connectivity index (χ2v) is 5.01. The minimum Gasteiger partial charge on any atom is -0.480 e. The number of hydrogen-bond acceptors (Lipinski definition) is 6. The van der Waals surface area contributed by atoms with Crippen LogP contribution >= 0.6 is 0 Å². The Morgan fingerprint density at radius 1 is 1.32 bits per heavy atom. The number of nitrogens with zero attached hydrogens (tertiary/aromatic N) is 4. The Hall–Kier alpha value is -2.54. The number of aliphatic carboxylic acids is 1. The molecular formula is C15H19N5O2. The van der Waals surface area contributed by atoms with E-state index in [-0.39, 0.29) is 12.6 Å². The molecule has 0 aliphatic rings. The van der Waals surface area contributed by atoms with E-state index in [0.717, 1.165) is 11.3 Å². The summed E-state index contributed by atoms with van der Waals surface area (Å²) >= 11 is 0. The van der Waals surface area contributed by atoms with Gasteiger partial charge in [0.1, 0.15) is 6.54 Å². The summed E-state index contributed by atoms with van der Waals surface area (Å²) in [5.41, 5.74) is 1.96. The first-order chi connectivity index (χ1) is 10.6. The number of aromatic nitrogens is 3. The van der Waals surface area contributed by atoms with Crippen molar-refractivity contribution in [2.45, 2.75) is 19.5 Å². The summed E-state index contributed by atoms with van der Waals surface area (Å²) in [6.45, 7) is 2.57. The third-order valence-corrected chi connectivity index (χ3v) is 3.31. The van der Waals surface area contributed by atoms with E-state index in [4.69, 9.17) is 5.11 Å². The summed E-state index contributed by atoms with van der Waals surface area (Å²) in [6, 6.07) is 6.04. The first-order valence-electron chi connectivity index (χ1n) is 6.94. The van der Waals surface area contributed by atoms with Crippen molar-refractivity contribution in [3.8, 4) is 0 Å². The van der Waals surface area contributed by atoms with Crippen LogP contribution in [0.25, 0.3) is 0 Å². The van der Waals surface area contributed by atoms with Crippen molar-refractivity contribution in [3.63, 3.8) is 0 Å². The van der Waals surface area contributed by atoms with Crippen LogP contribution in [0.2, 0.25) is 0 Å². The molecule has 2 aromatic rings. The summed E-state index contributed by atoms with van der Waals surface area (Å²) in [7, 11) is 2.01. The summed E-state index contributed by atoms with van der Waals surface area (Å²) in [5, 5.41) is 11.2. The molecule has 0 amide bonds. The minimum absolute atomic E-state index is 0.172. The van der Waals surface area contributed by atoms with Crippen LogP contribution in [0.3, 0.4) is 0 Å². The monoisotopic (exact) mass is 301 g/mol. The SMILES string of the molecule is CC(c1ccccn1)N(C)Cc1cnc(NCC(=O)O)nc1. The highest BCUT2D eigenvalue weighted by Gasteiger charge is 2.13. The number of anilines is 1. The Kier molecular flexibility index (Phi) is 5.37. The number of nitrogens with one attached hydrogen (secondary N) is 1. The molecule has 0 aliphatic heterocycles. The van der Waals surface area contributed by atoms with Crippen LogP contribution in [0.5, 0.6) is 0 Å². The standard InChI is InChI=1S/C15H19N5O2/c1-11(13-5-3-4-6-16-13)20(2)10-12-7-17-15(18-8-12)19-9-14(21)22/h3-8,11H,9-10H2,1-2H3,(H,21,22)(H,17,18,19). The molecule has 0 saturated carbocycles. The van der Waals surface area contributed by atoms with Crippen LogP contribution in [0.15, 0.2) is 36.8 Å². The second-order valence-electron chi connectivity index (χ2n) is 5.01. The topological polar surface area (TPSA) is 91.2 Å². The molecule has 2 N–H and O–H groups in total. The Labute approximate surface area is 129 Å². The lowest BCUT2D eigenvalue weighted by Gasteiger charge is -2.24. The van der Waals surface area contributed by atoms with Gasteiger partial charge in [-0.05, 0) is 26.1 Å². The Balaban J connectivity index is 1.94. The van der Waals surface area contributed by atoms with Crippen molar-refractivity contribution in [2.24, 2.45) is 0 Å². The Morgan fingerprint density at radius 3 is 2.64 bits per heavy atom. The molecule has 0 radical (unpaired) electrons. The molecule has 0 fully saturated rings. The number of carboxylic acids is 1. The molecular weight excluding hydrogens is 282 g/mol. The molecule has 0 saturated heterocycles. The summed E-state index contributed by atoms with van der Waals surface area (Å²) in [5.74, 6) is -0.636. The molecule has 7 heteroatoms. The van der Waals surface area contributed by atoms with E-state index in [1.165, 1.54) is 0 Å². The molecule has 2 heterocycles. The number of rotatable bonds is 7. The zero-order valence-electron chi connectivity index (χ0n) is 12.6. The van der Waals surface area contributed by atoms with E-state index < -0.39 is 5.97 Å². The van der Waals surface area contributed by atoms with Crippen LogP contribution in [0.1, 0.15) is 24.2 Å². The van der Waals surface area contributed by atoms with Gasteiger partial charge in [-0.2, -0.15) is 0 Å². The van der Waals surface area contributed by atoms with Crippen LogP contribution in [-0.4, -0.2) is 44.5 Å². The zero-order valence-corrected chi connectivity index (χ0v) is 12.6. The zero-order chi connectivity index (χ0) is 15.9. The van der Waals surface area contributed by atoms with Gasteiger partial charge in [0, 0.05) is 36.7 Å². The third kappa shape index (κ3) is 4.49. The van der Waals surface area contributed by atoms with E-state index in [0.29, 0.717) is 12.5 Å². The van der Waals surface area contributed by atoms with Gasteiger partial charge in [0.25, 0.3) is 0 Å². The van der Waals surface area contributed by atoms with Crippen molar-refractivity contribution in [1.82, 2.24) is 19.9 Å². The lowest BCUT2D eigenvalue weighted by molar-refractivity contribution is -0.134. The second kappa shape index (κ2) is 7.46. The largest absolute Gasteiger partial charge is 0.480 e. The molecule has 7 nitrogen and oxygen atoms in total. The molecule has 0 aromatic carbocycles. The van der Waals surface area contributed by atoms with Crippen molar-refractivity contribution in [3.05, 3.63) is 48.0 Å². The van der Waals surface area contributed by atoms with Crippen LogP contribution in [-0.2, 0) is 11.3 Å². The quantitative estimate of drug-likeness (QED) is 0.802.